The van der Waals surface area contributed by atoms with Crippen LogP contribution in [0.1, 0.15) is 28.7 Å². The highest BCUT2D eigenvalue weighted by atomic mass is 16.5. The number of nitrogens with two attached hydrogens (primary N) is 2. The zero-order valence-electron chi connectivity index (χ0n) is 19.7. The number of amides is 1. The predicted octanol–water partition coefficient (Wildman–Crippen LogP) is -0.431. The molecular weight excluding hydrogens is 458 g/mol. The van der Waals surface area contributed by atoms with E-state index in [0.717, 1.165) is 0 Å². The van der Waals surface area contributed by atoms with Crippen LogP contribution in [0.25, 0.3) is 5.76 Å². The van der Waals surface area contributed by atoms with E-state index in [-0.39, 0.29) is 42.9 Å². The summed E-state index contributed by atoms with van der Waals surface area (Å²) in [6, 6.07) is 0.552. The number of phenolic OH excluding ortho intramolecular Hbond substituents is 1. The molecule has 0 bridgehead atoms. The van der Waals surface area contributed by atoms with Gasteiger partial charge in [0, 0.05) is 30.7 Å². The van der Waals surface area contributed by atoms with E-state index < -0.39 is 58.0 Å². The van der Waals surface area contributed by atoms with E-state index in [0.29, 0.717) is 16.7 Å². The van der Waals surface area contributed by atoms with Gasteiger partial charge in [0.05, 0.1) is 18.2 Å². The molecule has 3 aliphatic carbocycles. The topological polar surface area (TPSA) is 197 Å². The SMILES string of the molecule is COCc1cc(CN)c2c(c1O)C(O)=C1C(=O)C3(O)C(O)=C(C(N)=O)C(=O)C(N(C)C)C3CC1C2. The average Bonchev–Trinajstić information content (AvgIpc) is 2.77. The predicted molar refractivity (Wildman–Crippen MR) is 123 cm³/mol. The van der Waals surface area contributed by atoms with E-state index in [1.807, 2.05) is 0 Å². The third-order valence-corrected chi connectivity index (χ3v) is 7.41. The standard InChI is InChI=1S/C24H29N3O8/c1-27(2)17-13-6-9-5-12-10(7-25)4-11(8-35-3)18(28)15(12)19(29)14(9)21(31)24(13,34)22(32)16(20(17)30)23(26)33/h4,9,13,17,28-29,32,34H,5-8,25H2,1-3H3,(H2,26,33). The Labute approximate surface area is 201 Å². The van der Waals surface area contributed by atoms with Gasteiger partial charge in [-0.1, -0.05) is 0 Å². The molecule has 8 N–H and O–H groups in total. The van der Waals surface area contributed by atoms with Gasteiger partial charge in [-0.15, -0.1) is 0 Å². The van der Waals surface area contributed by atoms with E-state index >= 15 is 0 Å². The van der Waals surface area contributed by atoms with Gasteiger partial charge in [0.1, 0.15) is 22.8 Å². The van der Waals surface area contributed by atoms with Crippen LogP contribution in [0.15, 0.2) is 23.0 Å². The molecule has 0 saturated heterocycles. The zero-order valence-corrected chi connectivity index (χ0v) is 19.7. The Morgan fingerprint density at radius 3 is 2.43 bits per heavy atom. The van der Waals surface area contributed by atoms with Crippen LogP contribution in [0, 0.1) is 11.8 Å². The number of fused-ring (bicyclic) bond motifs is 3. The Bertz CT molecular complexity index is 1220. The minimum atomic E-state index is -2.67. The molecule has 0 aliphatic heterocycles. The van der Waals surface area contributed by atoms with Crippen molar-refractivity contribution in [3.05, 3.63) is 45.2 Å². The molecule has 11 nitrogen and oxygen atoms in total. The van der Waals surface area contributed by atoms with Crippen molar-refractivity contribution >= 4 is 23.2 Å². The van der Waals surface area contributed by atoms with E-state index in [2.05, 4.69) is 0 Å². The Balaban J connectivity index is 1.99. The number of aliphatic hydroxyl groups excluding tert-OH is 2. The van der Waals surface area contributed by atoms with Crippen molar-refractivity contribution in [2.24, 2.45) is 23.3 Å². The number of aliphatic hydroxyl groups is 3. The van der Waals surface area contributed by atoms with Crippen molar-refractivity contribution in [3.8, 4) is 5.75 Å². The minimum Gasteiger partial charge on any atom is -0.508 e. The summed E-state index contributed by atoms with van der Waals surface area (Å²) < 4.78 is 5.12. The van der Waals surface area contributed by atoms with Crippen LogP contribution in [0.4, 0.5) is 0 Å². The van der Waals surface area contributed by atoms with Gasteiger partial charge in [0.15, 0.2) is 11.4 Å². The summed E-state index contributed by atoms with van der Waals surface area (Å²) in [5, 5.41) is 44.6. The molecule has 0 aromatic heterocycles. The number of hydrogen-bond donors (Lipinski definition) is 6. The number of rotatable bonds is 5. The molecule has 0 spiro atoms. The summed E-state index contributed by atoms with van der Waals surface area (Å²) >= 11 is 0. The molecular formula is C24H29N3O8. The van der Waals surface area contributed by atoms with Crippen LogP contribution >= 0.6 is 0 Å². The van der Waals surface area contributed by atoms with Crippen LogP contribution in [-0.2, 0) is 38.7 Å². The van der Waals surface area contributed by atoms with Crippen LogP contribution in [0.5, 0.6) is 5.75 Å². The highest BCUT2D eigenvalue weighted by Gasteiger charge is 2.64. The number of primary amides is 1. The van der Waals surface area contributed by atoms with Crippen LogP contribution in [-0.4, -0.2) is 75.6 Å². The lowest BCUT2D eigenvalue weighted by atomic mass is 9.57. The van der Waals surface area contributed by atoms with Crippen LogP contribution in [0.3, 0.4) is 0 Å². The number of Topliss-reactive ketones (excluding diaryl/α,β-unsaturated/α-hetero) is 2. The first-order valence-corrected chi connectivity index (χ1v) is 11.1. The number of carbonyl (C=O) groups excluding carboxylic acids is 3. The largest absolute Gasteiger partial charge is 0.508 e. The first-order valence-electron chi connectivity index (χ1n) is 11.1. The van der Waals surface area contributed by atoms with Gasteiger partial charge in [0.25, 0.3) is 5.91 Å². The van der Waals surface area contributed by atoms with Crippen molar-refractivity contribution in [2.45, 2.75) is 37.6 Å². The Morgan fingerprint density at radius 1 is 1.23 bits per heavy atom. The molecule has 1 aromatic rings. The summed E-state index contributed by atoms with van der Waals surface area (Å²) in [4.78, 5) is 40.3. The molecule has 1 aromatic carbocycles. The third-order valence-electron chi connectivity index (χ3n) is 7.41. The van der Waals surface area contributed by atoms with Crippen molar-refractivity contribution in [1.29, 1.82) is 0 Å². The fourth-order valence-electron chi connectivity index (χ4n) is 5.90. The second-order valence-corrected chi connectivity index (χ2v) is 9.50. The number of hydrogen-bond acceptors (Lipinski definition) is 10. The smallest absolute Gasteiger partial charge is 0.255 e. The monoisotopic (exact) mass is 487 g/mol. The van der Waals surface area contributed by atoms with Gasteiger partial charge in [0.2, 0.25) is 5.78 Å². The number of likely N-dealkylation sites (N-methyl/N-ethyl adjacent to an activating group) is 1. The summed E-state index contributed by atoms with van der Waals surface area (Å²) in [5.41, 5.74) is 9.10. The first kappa shape index (κ1) is 24.9. The maximum atomic E-state index is 13.8. The fourth-order valence-corrected chi connectivity index (χ4v) is 5.90. The lowest BCUT2D eigenvalue weighted by Crippen LogP contribution is -2.65. The van der Waals surface area contributed by atoms with Gasteiger partial charge in [-0.3, -0.25) is 19.3 Å². The molecule has 4 atom stereocenters. The maximum absolute atomic E-state index is 13.8. The molecule has 3 aliphatic rings. The molecule has 0 radical (unpaired) electrons. The summed E-state index contributed by atoms with van der Waals surface area (Å²) in [7, 11) is 4.54. The highest BCUT2D eigenvalue weighted by Crippen LogP contribution is 2.53. The zero-order chi connectivity index (χ0) is 26.0. The molecule has 11 heteroatoms. The second-order valence-electron chi connectivity index (χ2n) is 9.50. The first-order chi connectivity index (χ1) is 16.4. The van der Waals surface area contributed by atoms with Crippen LogP contribution in [0.2, 0.25) is 0 Å². The number of methoxy groups -OCH3 is 1. The number of benzene rings is 1. The van der Waals surface area contributed by atoms with Gasteiger partial charge < -0.3 is 36.6 Å². The number of ether oxygens (including phenoxy) is 1. The quantitative estimate of drug-likeness (QED) is 0.296. The minimum absolute atomic E-state index is 0.0105. The van der Waals surface area contributed by atoms with Crippen LogP contribution < -0.4 is 11.5 Å². The molecule has 1 fully saturated rings. The summed E-state index contributed by atoms with van der Waals surface area (Å²) in [5.74, 6) is -6.83. The summed E-state index contributed by atoms with van der Waals surface area (Å²) in [6.45, 7) is 0.122. The molecule has 1 saturated carbocycles. The van der Waals surface area contributed by atoms with E-state index in [1.165, 1.54) is 12.0 Å². The highest BCUT2D eigenvalue weighted by molar-refractivity contribution is 6.24. The number of nitrogens with zero attached hydrogens (tertiary/aromatic N) is 1. The molecule has 35 heavy (non-hydrogen) atoms. The number of ketones is 2. The molecule has 4 unspecified atom stereocenters. The fraction of sp³-hybridized carbons (Fsp3) is 0.458. The lowest BCUT2D eigenvalue weighted by Gasteiger charge is -2.50. The van der Waals surface area contributed by atoms with Crippen molar-refractivity contribution in [3.63, 3.8) is 0 Å². The number of carbonyl (C=O) groups is 3. The Hall–Kier alpha value is -3.25. The van der Waals surface area contributed by atoms with Gasteiger partial charge in [-0.2, -0.15) is 0 Å². The molecule has 0 heterocycles. The number of phenols is 1. The van der Waals surface area contributed by atoms with Gasteiger partial charge >= 0.3 is 0 Å². The Morgan fingerprint density at radius 2 is 1.89 bits per heavy atom. The molecule has 4 rings (SSSR count). The number of aromatic hydroxyl groups is 1. The summed E-state index contributed by atoms with van der Waals surface area (Å²) in [6.07, 6.45) is 0.220. The normalized spacial score (nSPS) is 28.2. The molecule has 188 valence electrons. The van der Waals surface area contributed by atoms with E-state index in [1.54, 1.807) is 20.2 Å². The van der Waals surface area contributed by atoms with E-state index in [4.69, 9.17) is 16.2 Å². The second kappa shape index (κ2) is 8.45. The van der Waals surface area contributed by atoms with Crippen molar-refractivity contribution in [1.82, 2.24) is 4.90 Å². The van der Waals surface area contributed by atoms with Crippen molar-refractivity contribution < 1.29 is 39.5 Å². The van der Waals surface area contributed by atoms with Gasteiger partial charge in [-0.05, 0) is 50.0 Å². The average molecular weight is 488 g/mol. The van der Waals surface area contributed by atoms with Crippen molar-refractivity contribution in [2.75, 3.05) is 21.2 Å². The van der Waals surface area contributed by atoms with Gasteiger partial charge in [-0.25, -0.2) is 0 Å². The lowest BCUT2D eigenvalue weighted by molar-refractivity contribution is -0.153. The maximum Gasteiger partial charge on any atom is 0.255 e. The Kier molecular flexibility index (Phi) is 6.00. The third kappa shape index (κ3) is 3.30. The van der Waals surface area contributed by atoms with E-state index in [9.17, 15) is 34.8 Å². The molecule has 1 amide bonds.